The summed E-state index contributed by atoms with van der Waals surface area (Å²) >= 11 is 0. The van der Waals surface area contributed by atoms with Gasteiger partial charge in [-0.15, -0.1) is 0 Å². The van der Waals surface area contributed by atoms with Crippen molar-refractivity contribution < 1.29 is 14.3 Å². The lowest BCUT2D eigenvalue weighted by atomic mass is 10.1. The molecule has 0 saturated heterocycles. The minimum absolute atomic E-state index is 0.144. The quantitative estimate of drug-likeness (QED) is 0.777. The maximum Gasteiger partial charge on any atom is 0.355 e. The Morgan fingerprint density at radius 1 is 1.23 bits per heavy atom. The average molecular weight is 309 g/mol. The predicted octanol–water partition coefficient (Wildman–Crippen LogP) is 1.59. The molecule has 124 valence electrons. The molecule has 6 heteroatoms. The first-order valence-corrected chi connectivity index (χ1v) is 7.64. The van der Waals surface area contributed by atoms with Crippen LogP contribution in [0.15, 0.2) is 0 Å². The molecule has 0 aliphatic carbocycles. The number of nitrogens with zero attached hydrogens (tertiary/aromatic N) is 2. The first-order chi connectivity index (χ1) is 10.3. The van der Waals surface area contributed by atoms with Gasteiger partial charge in [-0.3, -0.25) is 4.79 Å². The zero-order valence-electron chi connectivity index (χ0n) is 14.4. The number of nitrogens with one attached hydrogen (secondary N) is 1. The van der Waals surface area contributed by atoms with Crippen molar-refractivity contribution in [2.45, 2.75) is 34.2 Å². The molecule has 0 saturated carbocycles. The van der Waals surface area contributed by atoms with Crippen molar-refractivity contribution in [3.8, 4) is 0 Å². The van der Waals surface area contributed by atoms with Gasteiger partial charge in [0.05, 0.1) is 12.2 Å². The molecule has 0 radical (unpaired) electrons. The van der Waals surface area contributed by atoms with Gasteiger partial charge in [-0.05, 0) is 47.4 Å². The van der Waals surface area contributed by atoms with E-state index in [4.69, 9.17) is 4.74 Å². The second-order valence-corrected chi connectivity index (χ2v) is 5.46. The van der Waals surface area contributed by atoms with Gasteiger partial charge in [0.25, 0.3) is 5.91 Å². The summed E-state index contributed by atoms with van der Waals surface area (Å²) in [6, 6.07) is 0. The maximum absolute atomic E-state index is 12.4. The smallest absolute Gasteiger partial charge is 0.355 e. The Morgan fingerprint density at radius 2 is 1.86 bits per heavy atom. The highest BCUT2D eigenvalue weighted by atomic mass is 16.5. The number of carbonyl (C=O) groups is 2. The molecule has 1 N–H and O–H groups in total. The van der Waals surface area contributed by atoms with Crippen LogP contribution in [0.4, 0.5) is 0 Å². The largest absolute Gasteiger partial charge is 0.461 e. The Hall–Kier alpha value is -1.82. The van der Waals surface area contributed by atoms with Crippen LogP contribution < -0.4 is 5.32 Å². The lowest BCUT2D eigenvalue weighted by Crippen LogP contribution is -2.31. The Morgan fingerprint density at radius 3 is 2.36 bits per heavy atom. The molecule has 0 atom stereocenters. The zero-order chi connectivity index (χ0) is 16.9. The van der Waals surface area contributed by atoms with Gasteiger partial charge in [0.2, 0.25) is 0 Å². The summed E-state index contributed by atoms with van der Waals surface area (Å²) in [6.45, 7) is 9.64. The molecule has 0 bridgehead atoms. The fraction of sp³-hybridized carbons (Fsp3) is 0.625. The Kier molecular flexibility index (Phi) is 6.61. The normalized spacial score (nSPS) is 10.9. The SMILES string of the molecule is CCOC(=O)c1c(C)c(C(=O)NCCN(C)C)c(C)n1CC. The van der Waals surface area contributed by atoms with Gasteiger partial charge >= 0.3 is 5.97 Å². The maximum atomic E-state index is 12.4. The van der Waals surface area contributed by atoms with Gasteiger partial charge in [0.1, 0.15) is 5.69 Å². The number of likely N-dealkylation sites (N-methyl/N-ethyl adjacent to an activating group) is 1. The number of hydrogen-bond donors (Lipinski definition) is 1. The van der Waals surface area contributed by atoms with E-state index in [9.17, 15) is 9.59 Å². The van der Waals surface area contributed by atoms with Crippen molar-refractivity contribution in [3.05, 3.63) is 22.5 Å². The lowest BCUT2D eigenvalue weighted by molar-refractivity contribution is 0.0512. The van der Waals surface area contributed by atoms with E-state index in [1.54, 1.807) is 13.8 Å². The summed E-state index contributed by atoms with van der Waals surface area (Å²) in [6.07, 6.45) is 0. The number of amides is 1. The number of esters is 1. The van der Waals surface area contributed by atoms with Gasteiger partial charge < -0.3 is 19.5 Å². The number of hydrogen-bond acceptors (Lipinski definition) is 4. The summed E-state index contributed by atoms with van der Waals surface area (Å²) in [7, 11) is 3.91. The molecular weight excluding hydrogens is 282 g/mol. The molecule has 0 unspecified atom stereocenters. The second-order valence-electron chi connectivity index (χ2n) is 5.46. The highest BCUT2D eigenvalue weighted by molar-refractivity contribution is 6.01. The van der Waals surface area contributed by atoms with Crippen molar-refractivity contribution >= 4 is 11.9 Å². The van der Waals surface area contributed by atoms with E-state index in [1.165, 1.54) is 0 Å². The fourth-order valence-electron chi connectivity index (χ4n) is 2.57. The van der Waals surface area contributed by atoms with Gasteiger partial charge in [0.15, 0.2) is 0 Å². The van der Waals surface area contributed by atoms with Gasteiger partial charge in [-0.25, -0.2) is 4.79 Å². The summed E-state index contributed by atoms with van der Waals surface area (Å²) < 4.78 is 6.96. The van der Waals surface area contributed by atoms with Gasteiger partial charge in [-0.1, -0.05) is 0 Å². The molecule has 0 spiro atoms. The molecule has 1 amide bonds. The number of rotatable bonds is 7. The van der Waals surface area contributed by atoms with Crippen molar-refractivity contribution in [3.63, 3.8) is 0 Å². The van der Waals surface area contributed by atoms with Crippen LogP contribution in [0.2, 0.25) is 0 Å². The molecular formula is C16H27N3O3. The third-order valence-corrected chi connectivity index (χ3v) is 3.62. The Bertz CT molecular complexity index is 547. The topological polar surface area (TPSA) is 63.6 Å². The average Bonchev–Trinajstić information content (AvgIpc) is 2.69. The van der Waals surface area contributed by atoms with Gasteiger partial charge in [-0.2, -0.15) is 0 Å². The highest BCUT2D eigenvalue weighted by Gasteiger charge is 2.26. The molecule has 1 heterocycles. The van der Waals surface area contributed by atoms with E-state index < -0.39 is 0 Å². The van der Waals surface area contributed by atoms with Crippen molar-refractivity contribution in [1.29, 1.82) is 0 Å². The van der Waals surface area contributed by atoms with E-state index in [-0.39, 0.29) is 11.9 Å². The van der Waals surface area contributed by atoms with E-state index >= 15 is 0 Å². The molecule has 1 aromatic heterocycles. The molecule has 6 nitrogen and oxygen atoms in total. The summed E-state index contributed by atoms with van der Waals surface area (Å²) in [4.78, 5) is 26.6. The van der Waals surface area contributed by atoms with Crippen LogP contribution in [0, 0.1) is 13.8 Å². The van der Waals surface area contributed by atoms with Crippen molar-refractivity contribution in [1.82, 2.24) is 14.8 Å². The second kappa shape index (κ2) is 7.98. The van der Waals surface area contributed by atoms with E-state index in [1.807, 2.05) is 37.4 Å². The number of aromatic nitrogens is 1. The van der Waals surface area contributed by atoms with E-state index in [0.717, 1.165) is 12.2 Å². The first-order valence-electron chi connectivity index (χ1n) is 7.64. The number of carbonyl (C=O) groups excluding carboxylic acids is 2. The van der Waals surface area contributed by atoms with Crippen LogP contribution in [-0.2, 0) is 11.3 Å². The monoisotopic (exact) mass is 309 g/mol. The highest BCUT2D eigenvalue weighted by Crippen LogP contribution is 2.23. The van der Waals surface area contributed by atoms with Crippen molar-refractivity contribution in [2.24, 2.45) is 0 Å². The van der Waals surface area contributed by atoms with Crippen LogP contribution in [-0.4, -0.2) is 55.1 Å². The third-order valence-electron chi connectivity index (χ3n) is 3.62. The third kappa shape index (κ3) is 3.88. The molecule has 0 fully saturated rings. The van der Waals surface area contributed by atoms with E-state index in [0.29, 0.717) is 36.5 Å². The minimum Gasteiger partial charge on any atom is -0.461 e. The van der Waals surface area contributed by atoms with Crippen molar-refractivity contribution in [2.75, 3.05) is 33.8 Å². The number of ether oxygens (including phenoxy) is 1. The van der Waals surface area contributed by atoms with Crippen LogP contribution in [0.1, 0.15) is 46.0 Å². The Labute approximate surface area is 132 Å². The molecule has 0 aromatic carbocycles. The predicted molar refractivity (Wildman–Crippen MR) is 86.4 cm³/mol. The van der Waals surface area contributed by atoms with Crippen LogP contribution in [0.3, 0.4) is 0 Å². The fourth-order valence-corrected chi connectivity index (χ4v) is 2.57. The molecule has 0 aliphatic heterocycles. The lowest BCUT2D eigenvalue weighted by Gasteiger charge is -2.11. The molecule has 22 heavy (non-hydrogen) atoms. The first kappa shape index (κ1) is 18.2. The Balaban J connectivity index is 3.10. The summed E-state index contributed by atoms with van der Waals surface area (Å²) in [5.74, 6) is -0.521. The van der Waals surface area contributed by atoms with Crippen LogP contribution >= 0.6 is 0 Å². The standard InChI is InChI=1S/C16H27N3O3/c1-7-19-12(4)13(15(20)17-9-10-18(5)6)11(3)14(19)16(21)22-8-2/h7-10H2,1-6H3,(H,17,20). The molecule has 0 aliphatic rings. The van der Waals surface area contributed by atoms with Crippen LogP contribution in [0.25, 0.3) is 0 Å². The molecule has 1 rings (SSSR count). The molecule has 1 aromatic rings. The van der Waals surface area contributed by atoms with E-state index in [2.05, 4.69) is 5.32 Å². The minimum atomic E-state index is -0.378. The summed E-state index contributed by atoms with van der Waals surface area (Å²) in [5.41, 5.74) is 2.52. The summed E-state index contributed by atoms with van der Waals surface area (Å²) in [5, 5.41) is 2.90. The zero-order valence-corrected chi connectivity index (χ0v) is 14.4. The van der Waals surface area contributed by atoms with Crippen LogP contribution in [0.5, 0.6) is 0 Å². The van der Waals surface area contributed by atoms with Gasteiger partial charge in [0, 0.05) is 25.3 Å².